The minimum absolute atomic E-state index is 0.182. The minimum Gasteiger partial charge on any atom is -0.480 e. The highest BCUT2D eigenvalue weighted by Crippen LogP contribution is 2.19. The van der Waals surface area contributed by atoms with Crippen LogP contribution in [0.4, 0.5) is 0 Å². The molecule has 3 N–H and O–H groups in total. The Kier molecular flexibility index (Phi) is 13.5. The number of carbonyl (C=O) groups excluding carboxylic acids is 1. The van der Waals surface area contributed by atoms with Crippen molar-refractivity contribution in [2.24, 2.45) is 0 Å². The standard InChI is InChI=1S/C29H42N2O3/c1-2-3-4-5-6-7-8-9-10-11-12-13-14-15-16-21-28(32)31-27(29(33)34)22-24-23-30-26-20-18-17-19-25(24)26/h6-7,9-10,17-20,23,27,30H,2-5,8,11-16,21-22H2,1H3,(H,31,32)(H,33,34)/b7-6+,10-9+. The lowest BCUT2D eigenvalue weighted by atomic mass is 10.0. The van der Waals surface area contributed by atoms with Gasteiger partial charge in [0.05, 0.1) is 0 Å². The number of H-pyrrole nitrogens is 1. The van der Waals surface area contributed by atoms with Crippen LogP contribution in [0, 0.1) is 0 Å². The quantitative estimate of drug-likeness (QED) is 0.162. The number of nitrogens with one attached hydrogen (secondary N) is 2. The van der Waals surface area contributed by atoms with Crippen LogP contribution in [0.3, 0.4) is 0 Å². The zero-order valence-corrected chi connectivity index (χ0v) is 20.7. The van der Waals surface area contributed by atoms with Gasteiger partial charge in [-0.25, -0.2) is 4.79 Å². The molecule has 0 aliphatic rings. The third-order valence-electron chi connectivity index (χ3n) is 6.09. The van der Waals surface area contributed by atoms with E-state index in [1.807, 2.05) is 30.5 Å². The number of carboxylic acid groups (broad SMARTS) is 1. The first kappa shape index (κ1) is 27.4. The summed E-state index contributed by atoms with van der Waals surface area (Å²) >= 11 is 0. The average Bonchev–Trinajstić information content (AvgIpc) is 3.24. The van der Waals surface area contributed by atoms with Crippen LogP contribution in [0.1, 0.15) is 89.5 Å². The summed E-state index contributed by atoms with van der Waals surface area (Å²) in [7, 11) is 0. The van der Waals surface area contributed by atoms with E-state index < -0.39 is 12.0 Å². The third-order valence-corrected chi connectivity index (χ3v) is 6.09. The van der Waals surface area contributed by atoms with Gasteiger partial charge in [0.2, 0.25) is 5.91 Å². The van der Waals surface area contributed by atoms with Gasteiger partial charge in [0.1, 0.15) is 6.04 Å². The highest BCUT2D eigenvalue weighted by Gasteiger charge is 2.21. The van der Waals surface area contributed by atoms with E-state index in [1.165, 1.54) is 32.1 Å². The maximum Gasteiger partial charge on any atom is 0.326 e. The van der Waals surface area contributed by atoms with Crippen molar-refractivity contribution in [3.63, 3.8) is 0 Å². The van der Waals surface area contributed by atoms with Gasteiger partial charge < -0.3 is 15.4 Å². The molecular formula is C29H42N2O3. The van der Waals surface area contributed by atoms with E-state index in [2.05, 4.69) is 41.5 Å². The third kappa shape index (κ3) is 10.9. The van der Waals surface area contributed by atoms with Crippen LogP contribution in [0.25, 0.3) is 10.9 Å². The summed E-state index contributed by atoms with van der Waals surface area (Å²) in [5, 5.41) is 13.3. The van der Waals surface area contributed by atoms with Crippen molar-refractivity contribution < 1.29 is 14.7 Å². The number of hydrogen-bond acceptors (Lipinski definition) is 2. The number of aromatic nitrogens is 1. The Balaban J connectivity index is 1.54. The number of benzene rings is 1. The molecule has 5 heteroatoms. The summed E-state index contributed by atoms with van der Waals surface area (Å²) in [5.41, 5.74) is 1.87. The average molecular weight is 467 g/mol. The molecule has 2 aromatic rings. The monoisotopic (exact) mass is 466 g/mol. The fourth-order valence-electron chi connectivity index (χ4n) is 4.08. The summed E-state index contributed by atoms with van der Waals surface area (Å²) in [6.45, 7) is 2.23. The Morgan fingerprint density at radius 1 is 0.941 bits per heavy atom. The Morgan fingerprint density at radius 2 is 1.62 bits per heavy atom. The molecule has 1 atom stereocenters. The van der Waals surface area contributed by atoms with Crippen LogP contribution in [0.15, 0.2) is 54.8 Å². The largest absolute Gasteiger partial charge is 0.480 e. The van der Waals surface area contributed by atoms with Gasteiger partial charge in [-0.2, -0.15) is 0 Å². The van der Waals surface area contributed by atoms with Gasteiger partial charge in [-0.3, -0.25) is 4.79 Å². The molecule has 1 unspecified atom stereocenters. The number of aromatic amines is 1. The summed E-state index contributed by atoms with van der Waals surface area (Å²) in [6, 6.07) is 6.87. The van der Waals surface area contributed by atoms with E-state index in [0.29, 0.717) is 6.42 Å². The maximum absolute atomic E-state index is 12.3. The highest BCUT2D eigenvalue weighted by molar-refractivity contribution is 5.86. The van der Waals surface area contributed by atoms with E-state index >= 15 is 0 Å². The number of allylic oxidation sites excluding steroid dienone is 4. The molecule has 0 aliphatic heterocycles. The molecule has 186 valence electrons. The first-order valence-electron chi connectivity index (χ1n) is 13.0. The van der Waals surface area contributed by atoms with Crippen molar-refractivity contribution in [3.8, 4) is 0 Å². The maximum atomic E-state index is 12.3. The van der Waals surface area contributed by atoms with Crippen molar-refractivity contribution in [3.05, 3.63) is 60.3 Å². The Labute approximate surface area is 204 Å². The molecule has 5 nitrogen and oxygen atoms in total. The molecule has 0 saturated heterocycles. The minimum atomic E-state index is -1.00. The topological polar surface area (TPSA) is 82.2 Å². The van der Waals surface area contributed by atoms with Crippen molar-refractivity contribution in [1.29, 1.82) is 0 Å². The van der Waals surface area contributed by atoms with E-state index in [9.17, 15) is 14.7 Å². The molecule has 2 rings (SSSR count). The predicted octanol–water partition coefficient (Wildman–Crippen LogP) is 7.09. The van der Waals surface area contributed by atoms with Crippen LogP contribution >= 0.6 is 0 Å². The van der Waals surface area contributed by atoms with Crippen LogP contribution in [-0.2, 0) is 16.0 Å². The number of carboxylic acids is 1. The lowest BCUT2D eigenvalue weighted by Crippen LogP contribution is -2.42. The number of aliphatic carboxylic acids is 1. The Morgan fingerprint density at radius 3 is 2.35 bits per heavy atom. The van der Waals surface area contributed by atoms with Crippen molar-refractivity contribution in [2.45, 2.75) is 96.4 Å². The molecule has 0 saturated carbocycles. The van der Waals surface area contributed by atoms with Crippen LogP contribution in [0.2, 0.25) is 0 Å². The zero-order valence-electron chi connectivity index (χ0n) is 20.7. The van der Waals surface area contributed by atoms with E-state index in [1.54, 1.807) is 0 Å². The molecule has 1 amide bonds. The first-order valence-corrected chi connectivity index (χ1v) is 13.0. The summed E-state index contributed by atoms with van der Waals surface area (Å²) in [4.78, 5) is 27.1. The van der Waals surface area contributed by atoms with Gasteiger partial charge in [0.25, 0.3) is 0 Å². The lowest BCUT2D eigenvalue weighted by Gasteiger charge is -2.14. The van der Waals surface area contributed by atoms with Crippen LogP contribution in [-0.4, -0.2) is 28.0 Å². The van der Waals surface area contributed by atoms with Crippen molar-refractivity contribution >= 4 is 22.8 Å². The molecule has 0 bridgehead atoms. The van der Waals surface area contributed by atoms with E-state index in [-0.39, 0.29) is 12.3 Å². The van der Waals surface area contributed by atoms with E-state index in [4.69, 9.17) is 0 Å². The molecule has 0 fully saturated rings. The molecule has 0 spiro atoms. The summed E-state index contributed by atoms with van der Waals surface area (Å²) in [6.07, 6.45) is 24.0. The second kappa shape index (κ2) is 16.7. The molecule has 1 aromatic carbocycles. The number of amides is 1. The molecule has 1 aromatic heterocycles. The second-order valence-electron chi connectivity index (χ2n) is 9.00. The SMILES string of the molecule is CCCCC/C=C/C/C=C/CCCCCCCC(=O)NC(Cc1c[nH]c2ccccc12)C(=O)O. The summed E-state index contributed by atoms with van der Waals surface area (Å²) in [5.74, 6) is -1.18. The number of hydrogen-bond donors (Lipinski definition) is 3. The predicted molar refractivity (Wildman–Crippen MR) is 141 cm³/mol. The number of unbranched alkanes of at least 4 members (excludes halogenated alkanes) is 8. The highest BCUT2D eigenvalue weighted by atomic mass is 16.4. The molecule has 0 radical (unpaired) electrons. The molecular weight excluding hydrogens is 424 g/mol. The normalized spacial score (nSPS) is 12.6. The number of para-hydroxylation sites is 1. The molecule has 34 heavy (non-hydrogen) atoms. The van der Waals surface area contributed by atoms with Gasteiger partial charge in [0.15, 0.2) is 0 Å². The van der Waals surface area contributed by atoms with Crippen LogP contribution in [0.5, 0.6) is 0 Å². The fraction of sp³-hybridized carbons (Fsp3) is 0.517. The smallest absolute Gasteiger partial charge is 0.326 e. The van der Waals surface area contributed by atoms with Gasteiger partial charge in [-0.05, 0) is 50.2 Å². The van der Waals surface area contributed by atoms with Crippen LogP contribution < -0.4 is 5.32 Å². The number of carbonyl (C=O) groups is 2. The first-order chi connectivity index (χ1) is 16.6. The van der Waals surface area contributed by atoms with Crippen molar-refractivity contribution in [1.82, 2.24) is 10.3 Å². The number of rotatable bonds is 18. The Bertz CT molecular complexity index is 913. The van der Waals surface area contributed by atoms with E-state index in [0.717, 1.165) is 55.0 Å². The Hall–Kier alpha value is -2.82. The summed E-state index contributed by atoms with van der Waals surface area (Å²) < 4.78 is 0. The number of fused-ring (bicyclic) bond motifs is 1. The molecule has 1 heterocycles. The van der Waals surface area contributed by atoms with Gasteiger partial charge in [-0.1, -0.05) is 81.5 Å². The second-order valence-corrected chi connectivity index (χ2v) is 9.00. The van der Waals surface area contributed by atoms with Crippen molar-refractivity contribution in [2.75, 3.05) is 0 Å². The molecule has 0 aliphatic carbocycles. The lowest BCUT2D eigenvalue weighted by molar-refractivity contribution is -0.141. The zero-order chi connectivity index (χ0) is 24.4. The van der Waals surface area contributed by atoms with Gasteiger partial charge in [-0.15, -0.1) is 0 Å². The van der Waals surface area contributed by atoms with Gasteiger partial charge in [0, 0.05) is 29.9 Å². The fourth-order valence-corrected chi connectivity index (χ4v) is 4.08. The van der Waals surface area contributed by atoms with Gasteiger partial charge >= 0.3 is 5.97 Å².